The first-order valence-electron chi connectivity index (χ1n) is 4.75. The average molecular weight is 229 g/mol. The van der Waals surface area contributed by atoms with Gasteiger partial charge in [0.05, 0.1) is 6.20 Å². The Morgan fingerprint density at radius 2 is 2.29 bits per heavy atom. The lowest BCUT2D eigenvalue weighted by Crippen LogP contribution is -2.15. The Morgan fingerprint density at radius 3 is 3.06 bits per heavy atom. The Bertz CT molecular complexity index is 685. The van der Waals surface area contributed by atoms with Crippen LogP contribution in [-0.2, 0) is 0 Å². The Kier molecular flexibility index (Phi) is 1.87. The number of nitrogens with one attached hydrogen (secondary N) is 1. The number of hydrogen-bond donors (Lipinski definition) is 2. The molecule has 84 valence electrons. The van der Waals surface area contributed by atoms with E-state index in [9.17, 15) is 4.79 Å². The topological polar surface area (TPSA) is 115 Å². The number of hydrogen-bond acceptors (Lipinski definition) is 6. The number of aromatic nitrogens is 6. The predicted octanol–water partition coefficient (Wildman–Crippen LogP) is -0.180. The van der Waals surface area contributed by atoms with E-state index >= 15 is 0 Å². The van der Waals surface area contributed by atoms with E-state index in [0.29, 0.717) is 11.2 Å². The summed E-state index contributed by atoms with van der Waals surface area (Å²) in [5.74, 6) is -0.323. The molecule has 8 nitrogen and oxygen atoms in total. The van der Waals surface area contributed by atoms with Gasteiger partial charge in [0.1, 0.15) is 11.8 Å². The molecule has 0 saturated heterocycles. The molecule has 3 rings (SSSR count). The number of fused-ring (bicyclic) bond motifs is 1. The van der Waals surface area contributed by atoms with Crippen LogP contribution in [0.4, 0.5) is 5.82 Å². The number of rotatable bonds is 1. The van der Waals surface area contributed by atoms with Crippen LogP contribution in [0.1, 0.15) is 10.5 Å². The molecule has 0 fully saturated rings. The highest BCUT2D eigenvalue weighted by Gasteiger charge is 2.16. The van der Waals surface area contributed by atoms with Crippen LogP contribution in [0.25, 0.3) is 11.2 Å². The largest absolute Gasteiger partial charge is 0.382 e. The van der Waals surface area contributed by atoms with E-state index in [-0.39, 0.29) is 17.4 Å². The summed E-state index contributed by atoms with van der Waals surface area (Å²) in [6.07, 6.45) is 5.87. The Balaban J connectivity index is 2.16. The van der Waals surface area contributed by atoms with E-state index in [1.54, 1.807) is 0 Å². The van der Waals surface area contributed by atoms with Gasteiger partial charge in [0.25, 0.3) is 5.91 Å². The zero-order chi connectivity index (χ0) is 11.8. The molecule has 0 spiro atoms. The summed E-state index contributed by atoms with van der Waals surface area (Å²) in [6.45, 7) is 0. The zero-order valence-electron chi connectivity index (χ0n) is 8.53. The van der Waals surface area contributed by atoms with Crippen LogP contribution in [0.2, 0.25) is 0 Å². The van der Waals surface area contributed by atoms with Crippen LogP contribution in [0.3, 0.4) is 0 Å². The summed E-state index contributed by atoms with van der Waals surface area (Å²) in [5, 5.41) is 6.40. The molecule has 17 heavy (non-hydrogen) atoms. The number of aromatic amines is 1. The van der Waals surface area contributed by atoms with E-state index < -0.39 is 0 Å². The lowest BCUT2D eigenvalue weighted by Gasteiger charge is -2.02. The molecule has 0 aromatic carbocycles. The summed E-state index contributed by atoms with van der Waals surface area (Å²) in [4.78, 5) is 23.9. The molecule has 0 amide bonds. The Labute approximate surface area is 94.5 Å². The van der Waals surface area contributed by atoms with Gasteiger partial charge in [-0.1, -0.05) is 0 Å². The van der Waals surface area contributed by atoms with Crippen molar-refractivity contribution in [3.05, 3.63) is 30.6 Å². The van der Waals surface area contributed by atoms with Gasteiger partial charge in [0, 0.05) is 12.4 Å². The first-order valence-corrected chi connectivity index (χ1v) is 4.75. The predicted molar refractivity (Wildman–Crippen MR) is 58.1 cm³/mol. The van der Waals surface area contributed by atoms with Crippen LogP contribution in [0.5, 0.6) is 0 Å². The molecular weight excluding hydrogens is 222 g/mol. The molecular formula is C9H7N7O. The molecule has 0 aliphatic heterocycles. The molecule has 3 aromatic heterocycles. The smallest absolute Gasteiger partial charge is 0.285 e. The van der Waals surface area contributed by atoms with Gasteiger partial charge in [0.2, 0.25) is 0 Å². The minimum absolute atomic E-state index is 0.0560. The van der Waals surface area contributed by atoms with E-state index in [2.05, 4.69) is 25.1 Å². The molecule has 3 aromatic rings. The molecule has 0 atom stereocenters. The first kappa shape index (κ1) is 9.46. The van der Waals surface area contributed by atoms with E-state index in [1.807, 2.05) is 0 Å². The minimum atomic E-state index is -0.379. The highest BCUT2D eigenvalue weighted by atomic mass is 16.2. The van der Waals surface area contributed by atoms with Crippen molar-refractivity contribution in [1.29, 1.82) is 0 Å². The van der Waals surface area contributed by atoms with E-state index in [4.69, 9.17) is 5.73 Å². The maximum Gasteiger partial charge on any atom is 0.285 e. The number of anilines is 1. The second-order valence-corrected chi connectivity index (χ2v) is 3.34. The zero-order valence-corrected chi connectivity index (χ0v) is 8.53. The third-order valence-corrected chi connectivity index (χ3v) is 2.25. The molecule has 3 N–H and O–H groups in total. The third-order valence-electron chi connectivity index (χ3n) is 2.25. The van der Waals surface area contributed by atoms with Crippen LogP contribution in [0.15, 0.2) is 24.9 Å². The second kappa shape index (κ2) is 3.37. The number of nitrogens with zero attached hydrogens (tertiary/aromatic N) is 5. The molecule has 0 saturated carbocycles. The van der Waals surface area contributed by atoms with Gasteiger partial charge < -0.3 is 5.73 Å². The minimum Gasteiger partial charge on any atom is -0.382 e. The number of nitrogen functional groups attached to an aromatic ring is 1. The van der Waals surface area contributed by atoms with Crippen molar-refractivity contribution in [3.63, 3.8) is 0 Å². The van der Waals surface area contributed by atoms with Crippen molar-refractivity contribution >= 4 is 22.9 Å². The maximum atomic E-state index is 12.0. The van der Waals surface area contributed by atoms with Gasteiger partial charge in [-0.3, -0.25) is 14.5 Å². The van der Waals surface area contributed by atoms with Crippen LogP contribution in [0, 0.1) is 0 Å². The van der Waals surface area contributed by atoms with Crippen molar-refractivity contribution in [3.8, 4) is 0 Å². The number of imidazole rings is 1. The van der Waals surface area contributed by atoms with Crippen molar-refractivity contribution in [2.45, 2.75) is 0 Å². The Morgan fingerprint density at radius 1 is 1.41 bits per heavy atom. The fraction of sp³-hybridized carbons (Fsp3) is 0. The molecule has 3 heterocycles. The molecule has 8 heteroatoms. The summed E-state index contributed by atoms with van der Waals surface area (Å²) >= 11 is 0. The Hall–Kier alpha value is -2.77. The highest BCUT2D eigenvalue weighted by molar-refractivity contribution is 5.99. The van der Waals surface area contributed by atoms with Gasteiger partial charge in [-0.15, -0.1) is 0 Å². The number of nitrogens with two attached hydrogens (primary N) is 1. The SMILES string of the molecule is Nc1nc2[nH]ncc2nc1C(=O)n1ccnc1. The monoisotopic (exact) mass is 229 g/mol. The summed E-state index contributed by atoms with van der Waals surface area (Å²) in [7, 11) is 0. The molecule has 0 aliphatic rings. The quantitative estimate of drug-likeness (QED) is 0.598. The standard InChI is InChI=1S/C9H7N7O/c10-7-6(9(17)16-2-1-11-4-16)13-5-3-12-15-8(5)14-7/h1-4H,(H3,10,12,14,15). The molecule has 0 radical (unpaired) electrons. The van der Waals surface area contributed by atoms with Gasteiger partial charge in [0.15, 0.2) is 17.2 Å². The summed E-state index contributed by atoms with van der Waals surface area (Å²) in [6, 6.07) is 0. The second-order valence-electron chi connectivity index (χ2n) is 3.34. The maximum absolute atomic E-state index is 12.0. The lowest BCUT2D eigenvalue weighted by atomic mass is 10.3. The summed E-state index contributed by atoms with van der Waals surface area (Å²) in [5.41, 5.74) is 6.69. The van der Waals surface area contributed by atoms with Crippen molar-refractivity contribution in [2.75, 3.05) is 5.73 Å². The van der Waals surface area contributed by atoms with Crippen LogP contribution < -0.4 is 5.73 Å². The molecule has 0 bridgehead atoms. The normalized spacial score (nSPS) is 10.8. The van der Waals surface area contributed by atoms with Gasteiger partial charge in [-0.25, -0.2) is 15.0 Å². The van der Waals surface area contributed by atoms with Crippen LogP contribution >= 0.6 is 0 Å². The van der Waals surface area contributed by atoms with Gasteiger partial charge in [-0.2, -0.15) is 5.10 Å². The fourth-order valence-corrected chi connectivity index (χ4v) is 1.45. The molecule has 0 unspecified atom stereocenters. The average Bonchev–Trinajstić information content (AvgIpc) is 2.97. The third kappa shape index (κ3) is 1.42. The highest BCUT2D eigenvalue weighted by Crippen LogP contribution is 2.13. The van der Waals surface area contributed by atoms with E-state index in [0.717, 1.165) is 0 Å². The number of carbonyl (C=O) groups is 1. The van der Waals surface area contributed by atoms with Crippen LogP contribution in [-0.4, -0.2) is 35.6 Å². The molecule has 0 aliphatic carbocycles. The number of H-pyrrole nitrogens is 1. The van der Waals surface area contributed by atoms with E-state index in [1.165, 1.54) is 29.5 Å². The van der Waals surface area contributed by atoms with Crippen molar-refractivity contribution in [2.24, 2.45) is 0 Å². The van der Waals surface area contributed by atoms with Gasteiger partial charge in [-0.05, 0) is 0 Å². The lowest BCUT2D eigenvalue weighted by molar-refractivity contribution is 0.0956. The first-order chi connectivity index (χ1) is 8.25. The fourth-order valence-electron chi connectivity index (χ4n) is 1.45. The summed E-state index contributed by atoms with van der Waals surface area (Å²) < 4.78 is 1.28. The van der Waals surface area contributed by atoms with Gasteiger partial charge >= 0.3 is 0 Å². The van der Waals surface area contributed by atoms with Crippen molar-refractivity contribution in [1.82, 2.24) is 29.7 Å². The van der Waals surface area contributed by atoms with Crippen molar-refractivity contribution < 1.29 is 4.79 Å². The number of carbonyl (C=O) groups excluding carboxylic acids is 1.